The standard InChI is InChI=1S/C18H28N6O2/c1-15-3-4-16(2)23(15)24-17(13-21-5-9-25-10-6-21)19-20-18(24)14-22-7-11-26-12-8-22/h3-4H,5-14H2,1-2H3. The Morgan fingerprint density at radius 3 is 1.58 bits per heavy atom. The van der Waals surface area contributed by atoms with E-state index in [1.165, 1.54) is 11.4 Å². The Hall–Kier alpha value is -1.74. The van der Waals surface area contributed by atoms with Gasteiger partial charge >= 0.3 is 0 Å². The summed E-state index contributed by atoms with van der Waals surface area (Å²) in [6.45, 7) is 12.7. The third kappa shape index (κ3) is 3.68. The van der Waals surface area contributed by atoms with E-state index in [-0.39, 0.29) is 0 Å². The van der Waals surface area contributed by atoms with E-state index < -0.39 is 0 Å². The number of ether oxygens (including phenoxy) is 2. The maximum Gasteiger partial charge on any atom is 0.167 e. The Bertz CT molecular complexity index is 671. The molecule has 4 heterocycles. The van der Waals surface area contributed by atoms with Gasteiger partial charge in [-0.2, -0.15) is 0 Å². The van der Waals surface area contributed by atoms with Crippen LogP contribution in [-0.4, -0.2) is 82.0 Å². The molecule has 4 rings (SSSR count). The van der Waals surface area contributed by atoms with Gasteiger partial charge < -0.3 is 9.47 Å². The molecule has 0 radical (unpaired) electrons. The second-order valence-electron chi connectivity index (χ2n) is 7.05. The first kappa shape index (κ1) is 17.7. The van der Waals surface area contributed by atoms with Crippen molar-refractivity contribution in [2.45, 2.75) is 26.9 Å². The van der Waals surface area contributed by atoms with Gasteiger partial charge in [0.05, 0.1) is 39.5 Å². The maximum absolute atomic E-state index is 5.48. The summed E-state index contributed by atoms with van der Waals surface area (Å²) in [5.41, 5.74) is 2.38. The highest BCUT2D eigenvalue weighted by Crippen LogP contribution is 2.16. The smallest absolute Gasteiger partial charge is 0.167 e. The van der Waals surface area contributed by atoms with E-state index in [1.807, 2.05) is 0 Å². The second-order valence-corrected chi connectivity index (χ2v) is 7.05. The van der Waals surface area contributed by atoms with Gasteiger partial charge in [0.1, 0.15) is 0 Å². The summed E-state index contributed by atoms with van der Waals surface area (Å²) >= 11 is 0. The first-order valence-corrected chi connectivity index (χ1v) is 9.41. The van der Waals surface area contributed by atoms with Crippen LogP contribution in [0.4, 0.5) is 0 Å². The fraction of sp³-hybridized carbons (Fsp3) is 0.667. The zero-order valence-electron chi connectivity index (χ0n) is 15.7. The number of hydrogen-bond acceptors (Lipinski definition) is 6. The summed E-state index contributed by atoms with van der Waals surface area (Å²) in [4.78, 5) is 4.77. The molecule has 0 bridgehead atoms. The highest BCUT2D eigenvalue weighted by atomic mass is 16.5. The second kappa shape index (κ2) is 7.87. The van der Waals surface area contributed by atoms with Crippen LogP contribution in [0.2, 0.25) is 0 Å². The minimum atomic E-state index is 0.788. The van der Waals surface area contributed by atoms with E-state index in [4.69, 9.17) is 9.47 Å². The lowest BCUT2D eigenvalue weighted by molar-refractivity contribution is 0.0309. The molecule has 2 aliphatic heterocycles. The van der Waals surface area contributed by atoms with Crippen molar-refractivity contribution < 1.29 is 9.47 Å². The van der Waals surface area contributed by atoms with Crippen molar-refractivity contribution in [1.29, 1.82) is 0 Å². The minimum absolute atomic E-state index is 0.788. The molecule has 26 heavy (non-hydrogen) atoms. The lowest BCUT2D eigenvalue weighted by Crippen LogP contribution is -2.38. The van der Waals surface area contributed by atoms with E-state index in [9.17, 15) is 0 Å². The molecule has 0 aromatic carbocycles. The summed E-state index contributed by atoms with van der Waals surface area (Å²) in [6, 6.07) is 4.29. The van der Waals surface area contributed by atoms with Gasteiger partial charge in [-0.05, 0) is 26.0 Å². The summed E-state index contributed by atoms with van der Waals surface area (Å²) in [7, 11) is 0. The first-order chi connectivity index (χ1) is 12.7. The van der Waals surface area contributed by atoms with Crippen LogP contribution in [0, 0.1) is 13.8 Å². The monoisotopic (exact) mass is 360 g/mol. The van der Waals surface area contributed by atoms with Crippen LogP contribution in [-0.2, 0) is 22.6 Å². The van der Waals surface area contributed by atoms with Crippen molar-refractivity contribution in [3.8, 4) is 0 Å². The predicted octanol–water partition coefficient (Wildman–Crippen LogP) is 0.672. The van der Waals surface area contributed by atoms with Crippen molar-refractivity contribution in [1.82, 2.24) is 29.3 Å². The number of nitrogens with zero attached hydrogens (tertiary/aromatic N) is 6. The molecule has 142 valence electrons. The molecule has 0 aliphatic carbocycles. The summed E-state index contributed by atoms with van der Waals surface area (Å²) in [5, 5.41) is 9.13. The molecule has 2 saturated heterocycles. The maximum atomic E-state index is 5.48. The number of morpholine rings is 2. The van der Waals surface area contributed by atoms with E-state index in [2.05, 4.69) is 55.3 Å². The Morgan fingerprint density at radius 2 is 1.15 bits per heavy atom. The fourth-order valence-electron chi connectivity index (χ4n) is 3.67. The Morgan fingerprint density at radius 1 is 0.731 bits per heavy atom. The lowest BCUT2D eigenvalue weighted by atomic mass is 10.4. The number of aromatic nitrogens is 4. The predicted molar refractivity (Wildman–Crippen MR) is 96.9 cm³/mol. The van der Waals surface area contributed by atoms with Crippen molar-refractivity contribution in [3.63, 3.8) is 0 Å². The average molecular weight is 360 g/mol. The Balaban J connectivity index is 1.64. The first-order valence-electron chi connectivity index (χ1n) is 9.41. The van der Waals surface area contributed by atoms with Crippen LogP contribution in [0.5, 0.6) is 0 Å². The van der Waals surface area contributed by atoms with Gasteiger partial charge in [0.2, 0.25) is 0 Å². The van der Waals surface area contributed by atoms with Crippen LogP contribution < -0.4 is 0 Å². The van der Waals surface area contributed by atoms with E-state index in [0.29, 0.717) is 0 Å². The van der Waals surface area contributed by atoms with Gasteiger partial charge in [-0.25, -0.2) is 4.68 Å². The molecule has 8 nitrogen and oxygen atoms in total. The molecule has 2 fully saturated rings. The molecule has 0 atom stereocenters. The SMILES string of the molecule is Cc1ccc(C)n1-n1c(CN2CCOCC2)nnc1CN1CCOCC1. The highest BCUT2D eigenvalue weighted by Gasteiger charge is 2.22. The van der Waals surface area contributed by atoms with Crippen molar-refractivity contribution in [3.05, 3.63) is 35.2 Å². The zero-order chi connectivity index (χ0) is 17.9. The molecule has 0 saturated carbocycles. The van der Waals surface area contributed by atoms with E-state index in [1.54, 1.807) is 0 Å². The molecule has 2 aliphatic rings. The van der Waals surface area contributed by atoms with E-state index in [0.717, 1.165) is 77.3 Å². The van der Waals surface area contributed by atoms with Gasteiger partial charge in [-0.15, -0.1) is 10.2 Å². The van der Waals surface area contributed by atoms with Crippen LogP contribution in [0.3, 0.4) is 0 Å². The molecule has 2 aromatic heterocycles. The molecule has 0 unspecified atom stereocenters. The fourth-order valence-corrected chi connectivity index (χ4v) is 3.67. The van der Waals surface area contributed by atoms with Gasteiger partial charge in [-0.1, -0.05) is 0 Å². The van der Waals surface area contributed by atoms with Crippen LogP contribution in [0.15, 0.2) is 12.1 Å². The highest BCUT2D eigenvalue weighted by molar-refractivity contribution is 5.16. The normalized spacial score (nSPS) is 19.9. The van der Waals surface area contributed by atoms with Gasteiger partial charge in [0, 0.05) is 37.6 Å². The zero-order valence-corrected chi connectivity index (χ0v) is 15.7. The molecule has 0 amide bonds. The Labute approximate surface area is 154 Å². The largest absolute Gasteiger partial charge is 0.379 e. The van der Waals surface area contributed by atoms with E-state index >= 15 is 0 Å². The molecule has 2 aromatic rings. The summed E-state index contributed by atoms with van der Waals surface area (Å²) in [6.07, 6.45) is 0. The molecule has 8 heteroatoms. The summed E-state index contributed by atoms with van der Waals surface area (Å²) < 4.78 is 15.4. The van der Waals surface area contributed by atoms with Crippen molar-refractivity contribution in [2.75, 3.05) is 52.6 Å². The molecule has 0 N–H and O–H groups in total. The minimum Gasteiger partial charge on any atom is -0.379 e. The lowest BCUT2D eigenvalue weighted by Gasteiger charge is -2.28. The third-order valence-electron chi connectivity index (χ3n) is 5.14. The van der Waals surface area contributed by atoms with Crippen molar-refractivity contribution >= 4 is 0 Å². The third-order valence-corrected chi connectivity index (χ3v) is 5.14. The summed E-state index contributed by atoms with van der Waals surface area (Å²) in [5.74, 6) is 1.97. The quantitative estimate of drug-likeness (QED) is 0.781. The number of aryl methyl sites for hydroxylation is 2. The van der Waals surface area contributed by atoms with Crippen LogP contribution >= 0.6 is 0 Å². The average Bonchev–Trinajstić information content (AvgIpc) is 3.19. The van der Waals surface area contributed by atoms with Gasteiger partial charge in [0.25, 0.3) is 0 Å². The molecular formula is C18H28N6O2. The van der Waals surface area contributed by atoms with Crippen molar-refractivity contribution in [2.24, 2.45) is 0 Å². The number of hydrogen-bond donors (Lipinski definition) is 0. The number of rotatable bonds is 5. The molecular weight excluding hydrogens is 332 g/mol. The van der Waals surface area contributed by atoms with Crippen LogP contribution in [0.25, 0.3) is 0 Å². The molecule has 0 spiro atoms. The van der Waals surface area contributed by atoms with Gasteiger partial charge in [-0.3, -0.25) is 14.5 Å². The van der Waals surface area contributed by atoms with Gasteiger partial charge in [0.15, 0.2) is 11.6 Å². The Kier molecular flexibility index (Phi) is 5.35. The van der Waals surface area contributed by atoms with Crippen LogP contribution in [0.1, 0.15) is 23.0 Å². The topological polar surface area (TPSA) is 60.6 Å².